The first kappa shape index (κ1) is 24.9. The van der Waals surface area contributed by atoms with E-state index in [1.54, 1.807) is 28.4 Å². The quantitative estimate of drug-likeness (QED) is 0.473. The van der Waals surface area contributed by atoms with Crippen molar-refractivity contribution in [2.24, 2.45) is 0 Å². The first-order valence-corrected chi connectivity index (χ1v) is 10.5. The van der Waals surface area contributed by atoms with Crippen LogP contribution >= 0.6 is 0 Å². The maximum Gasteiger partial charge on any atom is 0.207 e. The number of hydrogen-bond acceptors (Lipinski definition) is 6. The number of nitrogens with zero attached hydrogens (tertiary/aromatic N) is 1. The zero-order valence-electron chi connectivity index (χ0n) is 19.4. The Morgan fingerprint density at radius 1 is 0.969 bits per heavy atom. The van der Waals surface area contributed by atoms with Crippen LogP contribution in [0.25, 0.3) is 0 Å². The molecule has 0 spiro atoms. The Bertz CT molecular complexity index is 940. The molecule has 172 valence electrons. The molecular weight excluding hydrogens is 408 g/mol. The van der Waals surface area contributed by atoms with E-state index < -0.39 is 5.41 Å². The summed E-state index contributed by atoms with van der Waals surface area (Å²) in [6, 6.07) is 13.7. The maximum absolute atomic E-state index is 11.2. The first-order chi connectivity index (χ1) is 15.4. The van der Waals surface area contributed by atoms with Gasteiger partial charge in [0.05, 0.1) is 39.9 Å². The smallest absolute Gasteiger partial charge is 0.207 e. The first-order valence-electron chi connectivity index (χ1n) is 10.5. The van der Waals surface area contributed by atoms with Crippen LogP contribution in [0, 0.1) is 11.3 Å². The van der Waals surface area contributed by atoms with Crippen LogP contribution in [0.15, 0.2) is 36.4 Å². The molecule has 7 nitrogen and oxygen atoms in total. The number of carbonyl (C=O) groups excluding carboxylic acids is 1. The fraction of sp³-hybridized carbons (Fsp3) is 0.440. The van der Waals surface area contributed by atoms with Gasteiger partial charge in [-0.15, -0.1) is 0 Å². The lowest BCUT2D eigenvalue weighted by Gasteiger charge is -2.24. The molecule has 0 radical (unpaired) electrons. The standard InChI is InChI=1S/C25H32N2O5/c1-25(16-26,19-9-11-22(30-3)24(15-19)32-5)12-6-7-20(27-17-28)13-18-8-10-21(29-2)23(14-18)31-4/h8-11,14-15,17,20H,6-7,12-13H2,1-5H3,(H,27,28). The molecule has 0 aliphatic carbocycles. The Morgan fingerprint density at radius 3 is 2.12 bits per heavy atom. The molecule has 0 heterocycles. The molecule has 0 aliphatic heterocycles. The van der Waals surface area contributed by atoms with E-state index in [4.69, 9.17) is 18.9 Å². The van der Waals surface area contributed by atoms with Gasteiger partial charge in [-0.05, 0) is 68.0 Å². The third-order valence-corrected chi connectivity index (χ3v) is 5.73. The second-order valence-corrected chi connectivity index (χ2v) is 7.78. The summed E-state index contributed by atoms with van der Waals surface area (Å²) in [7, 11) is 6.35. The Labute approximate surface area is 190 Å². The van der Waals surface area contributed by atoms with Crippen LogP contribution < -0.4 is 24.3 Å². The summed E-state index contributed by atoms with van der Waals surface area (Å²) in [5, 5.41) is 12.8. The molecule has 0 aliphatic rings. The average Bonchev–Trinajstić information content (AvgIpc) is 2.83. The highest BCUT2D eigenvalue weighted by atomic mass is 16.5. The Hall–Kier alpha value is -3.40. The van der Waals surface area contributed by atoms with E-state index >= 15 is 0 Å². The number of rotatable bonds is 13. The van der Waals surface area contributed by atoms with E-state index in [1.165, 1.54) is 0 Å². The molecule has 1 amide bonds. The molecule has 2 aromatic carbocycles. The third kappa shape index (κ3) is 6.07. The van der Waals surface area contributed by atoms with Crippen molar-refractivity contribution in [1.29, 1.82) is 5.26 Å². The molecule has 2 rings (SSSR count). The molecule has 0 aromatic heterocycles. The molecule has 1 N–H and O–H groups in total. The minimum absolute atomic E-state index is 0.0565. The van der Waals surface area contributed by atoms with Crippen molar-refractivity contribution in [2.45, 2.75) is 44.1 Å². The monoisotopic (exact) mass is 440 g/mol. The van der Waals surface area contributed by atoms with Crippen molar-refractivity contribution in [2.75, 3.05) is 28.4 Å². The van der Waals surface area contributed by atoms with Crippen LogP contribution in [0.3, 0.4) is 0 Å². The van der Waals surface area contributed by atoms with Crippen molar-refractivity contribution >= 4 is 6.41 Å². The predicted molar refractivity (Wildman–Crippen MR) is 123 cm³/mol. The van der Waals surface area contributed by atoms with E-state index in [2.05, 4.69) is 11.4 Å². The molecule has 0 saturated heterocycles. The van der Waals surface area contributed by atoms with Gasteiger partial charge in [0.2, 0.25) is 6.41 Å². The molecule has 7 heteroatoms. The molecular formula is C25H32N2O5. The van der Waals surface area contributed by atoms with Gasteiger partial charge in [0.15, 0.2) is 23.0 Å². The highest BCUT2D eigenvalue weighted by Gasteiger charge is 2.28. The number of methoxy groups -OCH3 is 4. The second-order valence-electron chi connectivity index (χ2n) is 7.78. The molecule has 2 unspecified atom stereocenters. The normalized spacial score (nSPS) is 13.2. The lowest BCUT2D eigenvalue weighted by atomic mass is 9.79. The van der Waals surface area contributed by atoms with Gasteiger partial charge in [0.1, 0.15) is 0 Å². The van der Waals surface area contributed by atoms with Gasteiger partial charge >= 0.3 is 0 Å². The maximum atomic E-state index is 11.2. The van der Waals surface area contributed by atoms with Gasteiger partial charge in [-0.25, -0.2) is 0 Å². The molecule has 0 bridgehead atoms. The molecule has 32 heavy (non-hydrogen) atoms. The molecule has 2 aromatic rings. The van der Waals surface area contributed by atoms with Crippen LogP contribution in [0.4, 0.5) is 0 Å². The third-order valence-electron chi connectivity index (χ3n) is 5.73. The molecule has 2 atom stereocenters. The van der Waals surface area contributed by atoms with Crippen LogP contribution in [-0.4, -0.2) is 40.9 Å². The summed E-state index contributed by atoms with van der Waals surface area (Å²) in [5.41, 5.74) is 1.22. The van der Waals surface area contributed by atoms with Gasteiger partial charge in [-0.1, -0.05) is 12.1 Å². The number of nitrogens with one attached hydrogen (secondary N) is 1. The fourth-order valence-electron chi connectivity index (χ4n) is 3.78. The fourth-order valence-corrected chi connectivity index (χ4v) is 3.78. The van der Waals surface area contributed by atoms with Crippen LogP contribution in [-0.2, 0) is 16.6 Å². The van der Waals surface area contributed by atoms with Crippen molar-refractivity contribution < 1.29 is 23.7 Å². The number of nitriles is 1. The van der Waals surface area contributed by atoms with E-state index in [0.717, 1.165) is 30.4 Å². The van der Waals surface area contributed by atoms with Crippen molar-refractivity contribution in [3.05, 3.63) is 47.5 Å². The van der Waals surface area contributed by atoms with E-state index in [0.29, 0.717) is 35.8 Å². The largest absolute Gasteiger partial charge is 0.493 e. The summed E-state index contributed by atoms with van der Waals surface area (Å²) < 4.78 is 21.3. The van der Waals surface area contributed by atoms with E-state index in [-0.39, 0.29) is 6.04 Å². The molecule has 0 saturated carbocycles. The lowest BCUT2D eigenvalue weighted by Crippen LogP contribution is -2.30. The van der Waals surface area contributed by atoms with Crippen molar-refractivity contribution in [3.8, 4) is 29.1 Å². The SMILES string of the molecule is COc1ccc(CC(CCCC(C)(C#N)c2ccc(OC)c(OC)c2)NC=O)cc1OC. The zero-order chi connectivity index (χ0) is 23.6. The van der Waals surface area contributed by atoms with Gasteiger partial charge in [-0.2, -0.15) is 5.26 Å². The highest BCUT2D eigenvalue weighted by Crippen LogP contribution is 2.36. The zero-order valence-corrected chi connectivity index (χ0v) is 19.4. The van der Waals surface area contributed by atoms with Crippen LogP contribution in [0.5, 0.6) is 23.0 Å². The predicted octanol–water partition coefficient (Wildman–Crippen LogP) is 4.03. The summed E-state index contributed by atoms with van der Waals surface area (Å²) in [6.45, 7) is 1.92. The number of ether oxygens (including phenoxy) is 4. The minimum Gasteiger partial charge on any atom is -0.493 e. The van der Waals surface area contributed by atoms with Crippen LogP contribution in [0.2, 0.25) is 0 Å². The van der Waals surface area contributed by atoms with E-state index in [1.807, 2.05) is 43.3 Å². The van der Waals surface area contributed by atoms with Gasteiger partial charge in [0.25, 0.3) is 0 Å². The second kappa shape index (κ2) is 11.8. The van der Waals surface area contributed by atoms with Gasteiger partial charge in [0, 0.05) is 6.04 Å². The van der Waals surface area contributed by atoms with Crippen molar-refractivity contribution in [1.82, 2.24) is 5.32 Å². The summed E-state index contributed by atoms with van der Waals surface area (Å²) in [4.78, 5) is 11.2. The Balaban J connectivity index is 2.08. The molecule has 0 fully saturated rings. The topological polar surface area (TPSA) is 89.8 Å². The van der Waals surface area contributed by atoms with E-state index in [9.17, 15) is 10.1 Å². The number of benzene rings is 2. The summed E-state index contributed by atoms with van der Waals surface area (Å²) in [6.07, 6.45) is 3.51. The number of hydrogen-bond donors (Lipinski definition) is 1. The van der Waals surface area contributed by atoms with Gasteiger partial charge in [-0.3, -0.25) is 4.79 Å². The van der Waals surface area contributed by atoms with Crippen molar-refractivity contribution in [3.63, 3.8) is 0 Å². The summed E-state index contributed by atoms with van der Waals surface area (Å²) in [5.74, 6) is 2.54. The Morgan fingerprint density at radius 2 is 1.56 bits per heavy atom. The average molecular weight is 441 g/mol. The van der Waals surface area contributed by atoms with Crippen LogP contribution in [0.1, 0.15) is 37.3 Å². The number of carbonyl (C=O) groups is 1. The number of amides is 1. The highest BCUT2D eigenvalue weighted by molar-refractivity contribution is 5.48. The minimum atomic E-state index is -0.686. The van der Waals surface area contributed by atoms with Gasteiger partial charge < -0.3 is 24.3 Å². The summed E-state index contributed by atoms with van der Waals surface area (Å²) >= 11 is 0. The Kier molecular flexibility index (Phi) is 9.21. The lowest BCUT2D eigenvalue weighted by molar-refractivity contribution is -0.110.